The Morgan fingerprint density at radius 1 is 0.750 bits per heavy atom. The Hall–Kier alpha value is 0.140. The molecule has 6 heteroatoms. The van der Waals surface area contributed by atoms with Crippen molar-refractivity contribution < 1.29 is 9.53 Å². The minimum Gasteiger partial charge on any atom is -0.398 e. The molecule has 3 atom stereocenters. The summed E-state index contributed by atoms with van der Waals surface area (Å²) in [6.07, 6.45) is 12.1. The van der Waals surface area contributed by atoms with E-state index >= 15 is 0 Å². The highest BCUT2D eigenvalue weighted by Crippen LogP contribution is 2.27. The zero-order valence-electron chi connectivity index (χ0n) is 18.5. The lowest BCUT2D eigenvalue weighted by Crippen LogP contribution is -2.30. The van der Waals surface area contributed by atoms with Gasteiger partial charge in [-0.1, -0.05) is 92.4 Å². The lowest BCUT2D eigenvalue weighted by Gasteiger charge is -2.17. The summed E-state index contributed by atoms with van der Waals surface area (Å²) in [5, 5.41) is 2.61. The highest BCUT2D eigenvalue weighted by atomic mass is 35.6. The molecule has 0 spiro atoms. The van der Waals surface area contributed by atoms with Gasteiger partial charge < -0.3 is 10.1 Å². The smallest absolute Gasteiger partial charge is 0.398 e. The van der Waals surface area contributed by atoms with Gasteiger partial charge in [-0.05, 0) is 64.9 Å². The number of alkyl halides is 3. The molecule has 0 aromatic heterocycles. The van der Waals surface area contributed by atoms with Crippen LogP contribution < -0.4 is 5.32 Å². The molecule has 0 saturated carbocycles. The van der Waals surface area contributed by atoms with Gasteiger partial charge in [0.15, 0.2) is 0 Å². The molecule has 3 unspecified atom stereocenters. The van der Waals surface area contributed by atoms with Crippen molar-refractivity contribution in [3.05, 3.63) is 0 Å². The Labute approximate surface area is 188 Å². The van der Waals surface area contributed by atoms with Crippen molar-refractivity contribution >= 4 is 40.9 Å². The van der Waals surface area contributed by atoms with Crippen molar-refractivity contribution in [1.82, 2.24) is 5.32 Å². The first-order valence-electron chi connectivity index (χ1n) is 11.0. The van der Waals surface area contributed by atoms with E-state index in [1.54, 1.807) is 0 Å². The van der Waals surface area contributed by atoms with Gasteiger partial charge in [0.1, 0.15) is 0 Å². The number of amides is 1. The molecule has 0 rings (SSSR count). The largest absolute Gasteiger partial charge is 0.410 e. The molecular formula is C22H42Cl3NO2. The molecular weight excluding hydrogens is 417 g/mol. The van der Waals surface area contributed by atoms with Crippen LogP contribution in [0.1, 0.15) is 98.8 Å². The first-order valence-corrected chi connectivity index (χ1v) is 12.2. The Morgan fingerprint density at radius 2 is 1.14 bits per heavy atom. The van der Waals surface area contributed by atoms with Crippen LogP contribution in [0.5, 0.6) is 0 Å². The topological polar surface area (TPSA) is 38.3 Å². The minimum absolute atomic E-state index is 0.533. The van der Waals surface area contributed by atoms with Crippen molar-refractivity contribution in [2.24, 2.45) is 23.7 Å². The van der Waals surface area contributed by atoms with E-state index in [-0.39, 0.29) is 0 Å². The van der Waals surface area contributed by atoms with E-state index in [2.05, 4.69) is 44.7 Å². The molecule has 3 nitrogen and oxygen atoms in total. The third-order valence-corrected chi connectivity index (χ3v) is 5.61. The predicted molar refractivity (Wildman–Crippen MR) is 123 cm³/mol. The number of carbonyl (C=O) groups is 1. The summed E-state index contributed by atoms with van der Waals surface area (Å²) in [7, 11) is 0. The molecule has 168 valence electrons. The molecule has 0 fully saturated rings. The van der Waals surface area contributed by atoms with E-state index in [1.807, 2.05) is 0 Å². The fourth-order valence-electron chi connectivity index (χ4n) is 3.50. The van der Waals surface area contributed by atoms with Crippen LogP contribution in [0.15, 0.2) is 0 Å². The fraction of sp³-hybridized carbons (Fsp3) is 0.955. The number of halogens is 3. The lowest BCUT2D eigenvalue weighted by atomic mass is 9.91. The Bertz CT molecular complexity index is 400. The number of nitrogens with one attached hydrogen (secondary N) is 1. The normalized spacial score (nSPS) is 15.3. The molecule has 0 radical (unpaired) electrons. The second-order valence-corrected chi connectivity index (χ2v) is 11.2. The molecule has 0 saturated heterocycles. The second-order valence-electron chi connectivity index (χ2n) is 9.05. The van der Waals surface area contributed by atoms with E-state index in [1.165, 1.54) is 57.8 Å². The van der Waals surface area contributed by atoms with Gasteiger partial charge in [0.2, 0.25) is 0 Å². The maximum Gasteiger partial charge on any atom is 0.410 e. The molecule has 0 aliphatic rings. The molecule has 0 aromatic carbocycles. The number of hydrogen-bond donors (Lipinski definition) is 1. The molecule has 0 aliphatic carbocycles. The standard InChI is InChI=1S/C22H42Cl3NO2/c1-17(2)9-6-10-18(3)11-7-12-19(4)13-8-14-20(5)15-16-26-21(27)28-22(23,24)25/h17-20H,6-16H2,1-5H3,(H,26,27). The first kappa shape index (κ1) is 28.1. The highest BCUT2D eigenvalue weighted by molar-refractivity contribution is 6.66. The zero-order valence-corrected chi connectivity index (χ0v) is 20.8. The Balaban J connectivity index is 3.64. The van der Waals surface area contributed by atoms with Gasteiger partial charge in [-0.3, -0.25) is 0 Å². The summed E-state index contributed by atoms with van der Waals surface area (Å²) in [6, 6.07) is 0. The van der Waals surface area contributed by atoms with Gasteiger partial charge in [0.25, 0.3) is 0 Å². The Morgan fingerprint density at radius 3 is 1.54 bits per heavy atom. The maximum atomic E-state index is 11.4. The van der Waals surface area contributed by atoms with Gasteiger partial charge in [0, 0.05) is 6.54 Å². The van der Waals surface area contributed by atoms with Gasteiger partial charge in [-0.2, -0.15) is 0 Å². The molecule has 28 heavy (non-hydrogen) atoms. The van der Waals surface area contributed by atoms with Crippen LogP contribution in [0.4, 0.5) is 4.79 Å². The second kappa shape index (κ2) is 15.9. The van der Waals surface area contributed by atoms with Crippen molar-refractivity contribution in [3.8, 4) is 0 Å². The molecule has 0 aliphatic heterocycles. The van der Waals surface area contributed by atoms with Gasteiger partial charge in [-0.25, -0.2) is 4.79 Å². The van der Waals surface area contributed by atoms with E-state index in [0.717, 1.165) is 24.2 Å². The number of ether oxygens (including phenoxy) is 1. The summed E-state index contributed by atoms with van der Waals surface area (Å²) in [5.41, 5.74) is 0. The number of hydrogen-bond acceptors (Lipinski definition) is 2. The van der Waals surface area contributed by atoms with Crippen LogP contribution in [-0.2, 0) is 4.74 Å². The molecule has 0 aromatic rings. The van der Waals surface area contributed by atoms with Gasteiger partial charge >= 0.3 is 10.1 Å². The van der Waals surface area contributed by atoms with Gasteiger partial charge in [-0.15, -0.1) is 0 Å². The third-order valence-electron chi connectivity index (χ3n) is 5.38. The molecule has 1 N–H and O–H groups in total. The van der Waals surface area contributed by atoms with E-state index < -0.39 is 10.1 Å². The summed E-state index contributed by atoms with van der Waals surface area (Å²) < 4.78 is 2.56. The summed E-state index contributed by atoms with van der Waals surface area (Å²) in [6.45, 7) is 12.2. The average Bonchev–Trinajstić information content (AvgIpc) is 2.52. The summed E-state index contributed by atoms with van der Waals surface area (Å²) >= 11 is 16.2. The number of carbonyl (C=O) groups excluding carboxylic acids is 1. The number of rotatable bonds is 15. The van der Waals surface area contributed by atoms with Crippen LogP contribution in [-0.4, -0.2) is 16.6 Å². The van der Waals surface area contributed by atoms with Crippen LogP contribution >= 0.6 is 34.8 Å². The monoisotopic (exact) mass is 457 g/mol. The first-order chi connectivity index (χ1) is 13.0. The highest BCUT2D eigenvalue weighted by Gasteiger charge is 2.24. The number of alkyl carbamates (subject to hydrolysis) is 1. The van der Waals surface area contributed by atoms with Crippen molar-refractivity contribution in [2.45, 2.75) is 103 Å². The lowest BCUT2D eigenvalue weighted by molar-refractivity contribution is 0.143. The van der Waals surface area contributed by atoms with Crippen LogP contribution in [0.3, 0.4) is 0 Å². The van der Waals surface area contributed by atoms with Gasteiger partial charge in [0.05, 0.1) is 0 Å². The predicted octanol–water partition coefficient (Wildman–Crippen LogP) is 8.51. The van der Waals surface area contributed by atoms with Crippen LogP contribution in [0.25, 0.3) is 0 Å². The zero-order chi connectivity index (χ0) is 21.6. The van der Waals surface area contributed by atoms with Crippen LogP contribution in [0, 0.1) is 23.7 Å². The van der Waals surface area contributed by atoms with Crippen molar-refractivity contribution in [2.75, 3.05) is 6.54 Å². The molecule has 0 heterocycles. The van der Waals surface area contributed by atoms with E-state index in [0.29, 0.717) is 12.5 Å². The Kier molecular flexibility index (Phi) is 16.0. The van der Waals surface area contributed by atoms with Crippen LogP contribution in [0.2, 0.25) is 0 Å². The summed E-state index contributed by atoms with van der Waals surface area (Å²) in [4.78, 5) is 11.4. The molecule has 1 amide bonds. The fourth-order valence-corrected chi connectivity index (χ4v) is 3.71. The van der Waals surface area contributed by atoms with Crippen molar-refractivity contribution in [1.29, 1.82) is 0 Å². The maximum absolute atomic E-state index is 11.4. The summed E-state index contributed by atoms with van der Waals surface area (Å²) in [5.74, 6) is 3.06. The average molecular weight is 459 g/mol. The quantitative estimate of drug-likeness (QED) is 0.250. The van der Waals surface area contributed by atoms with E-state index in [4.69, 9.17) is 34.8 Å². The minimum atomic E-state index is -2.00. The SMILES string of the molecule is CC(C)CCCC(C)CCCC(C)CCCC(C)CCNC(=O)OC(Cl)(Cl)Cl. The molecule has 0 bridgehead atoms. The third kappa shape index (κ3) is 19.5. The van der Waals surface area contributed by atoms with E-state index in [9.17, 15) is 4.79 Å². The van der Waals surface area contributed by atoms with Crippen molar-refractivity contribution in [3.63, 3.8) is 0 Å².